The number of carbonyl (C=O) groups is 1. The molecule has 2 aromatic rings. The van der Waals surface area contributed by atoms with Gasteiger partial charge in [-0.05, 0) is 48.4 Å². The molecule has 0 saturated heterocycles. The van der Waals surface area contributed by atoms with E-state index in [9.17, 15) is 9.18 Å². The van der Waals surface area contributed by atoms with Gasteiger partial charge in [0.2, 0.25) is 5.91 Å². The molecule has 0 aliphatic rings. The molecule has 0 aromatic heterocycles. The molecule has 21 heavy (non-hydrogen) atoms. The lowest BCUT2D eigenvalue weighted by atomic mass is 10.1. The van der Waals surface area contributed by atoms with Crippen LogP contribution in [0, 0.1) is 5.82 Å². The van der Waals surface area contributed by atoms with Crippen LogP contribution >= 0.6 is 11.6 Å². The summed E-state index contributed by atoms with van der Waals surface area (Å²) < 4.78 is 13.0. The molecule has 4 heteroatoms. The van der Waals surface area contributed by atoms with Gasteiger partial charge in [0, 0.05) is 11.1 Å². The number of carbonyl (C=O) groups excluding carboxylic acids is 1. The van der Waals surface area contributed by atoms with E-state index in [0.29, 0.717) is 10.6 Å². The van der Waals surface area contributed by atoms with E-state index in [1.54, 1.807) is 24.3 Å². The van der Waals surface area contributed by atoms with Crippen LogP contribution in [0.5, 0.6) is 0 Å². The molecule has 1 atom stereocenters. The lowest BCUT2D eigenvalue weighted by molar-refractivity contribution is -0.117. The monoisotopic (exact) mass is 303 g/mol. The Hall–Kier alpha value is -2.13. The van der Waals surface area contributed by atoms with Crippen molar-refractivity contribution in [2.75, 3.05) is 0 Å². The Morgan fingerprint density at radius 3 is 2.71 bits per heavy atom. The van der Waals surface area contributed by atoms with Crippen LogP contribution in [0.15, 0.2) is 54.6 Å². The lowest BCUT2D eigenvalue weighted by Gasteiger charge is -2.13. The zero-order valence-electron chi connectivity index (χ0n) is 11.5. The fourth-order valence-electron chi connectivity index (χ4n) is 1.90. The van der Waals surface area contributed by atoms with Gasteiger partial charge in [0.05, 0.1) is 6.04 Å². The van der Waals surface area contributed by atoms with Gasteiger partial charge in [0.1, 0.15) is 5.82 Å². The standard InChI is InChI=1S/C17H15ClFNO/c1-12(14-5-3-6-15(18)11-14)20-17(21)9-8-13-4-2-7-16(19)10-13/h2-12H,1H3,(H,20,21)/b9-8+/t12-/m1/s1. The minimum atomic E-state index is -0.329. The summed E-state index contributed by atoms with van der Waals surface area (Å²) in [5.41, 5.74) is 1.57. The first-order valence-corrected chi connectivity index (χ1v) is 6.92. The average molecular weight is 304 g/mol. The number of rotatable bonds is 4. The van der Waals surface area contributed by atoms with Crippen molar-refractivity contribution in [2.45, 2.75) is 13.0 Å². The molecule has 0 saturated carbocycles. The van der Waals surface area contributed by atoms with Crippen molar-refractivity contribution in [3.8, 4) is 0 Å². The molecule has 0 bridgehead atoms. The van der Waals surface area contributed by atoms with E-state index in [2.05, 4.69) is 5.32 Å². The maximum atomic E-state index is 13.0. The molecule has 2 aromatic carbocycles. The first kappa shape index (κ1) is 15.3. The molecule has 0 radical (unpaired) electrons. The molecule has 108 valence electrons. The van der Waals surface area contributed by atoms with Crippen molar-refractivity contribution in [1.29, 1.82) is 0 Å². The van der Waals surface area contributed by atoms with Gasteiger partial charge < -0.3 is 5.32 Å². The van der Waals surface area contributed by atoms with Gasteiger partial charge in [-0.2, -0.15) is 0 Å². The molecule has 0 unspecified atom stereocenters. The lowest BCUT2D eigenvalue weighted by Crippen LogP contribution is -2.24. The number of halogens is 2. The Balaban J connectivity index is 1.98. The minimum absolute atomic E-state index is 0.159. The summed E-state index contributed by atoms with van der Waals surface area (Å²) in [6.07, 6.45) is 2.96. The molecule has 0 aliphatic carbocycles. The van der Waals surface area contributed by atoms with Crippen LogP contribution in [-0.4, -0.2) is 5.91 Å². The highest BCUT2D eigenvalue weighted by Crippen LogP contribution is 2.17. The first-order chi connectivity index (χ1) is 10.0. The number of hydrogen-bond acceptors (Lipinski definition) is 1. The fraction of sp³-hybridized carbons (Fsp3) is 0.118. The van der Waals surface area contributed by atoms with Gasteiger partial charge in [0.15, 0.2) is 0 Å². The van der Waals surface area contributed by atoms with Crippen LogP contribution in [0.25, 0.3) is 6.08 Å². The van der Waals surface area contributed by atoms with Gasteiger partial charge in [-0.15, -0.1) is 0 Å². The summed E-state index contributed by atoms with van der Waals surface area (Å²) >= 11 is 5.92. The zero-order chi connectivity index (χ0) is 15.2. The Labute approximate surface area is 128 Å². The Bertz CT molecular complexity index is 669. The summed E-state index contributed by atoms with van der Waals surface area (Å²) in [4.78, 5) is 11.8. The highest BCUT2D eigenvalue weighted by atomic mass is 35.5. The van der Waals surface area contributed by atoms with E-state index in [-0.39, 0.29) is 17.8 Å². The van der Waals surface area contributed by atoms with Crippen LogP contribution in [-0.2, 0) is 4.79 Å². The second kappa shape index (κ2) is 7.04. The Kier molecular flexibility index (Phi) is 5.12. The van der Waals surface area contributed by atoms with Crippen LogP contribution < -0.4 is 5.32 Å². The van der Waals surface area contributed by atoms with Crippen molar-refractivity contribution in [2.24, 2.45) is 0 Å². The topological polar surface area (TPSA) is 29.1 Å². The van der Waals surface area contributed by atoms with Crippen molar-refractivity contribution >= 4 is 23.6 Å². The molecule has 0 fully saturated rings. The molecular weight excluding hydrogens is 289 g/mol. The summed E-state index contributed by atoms with van der Waals surface area (Å²) in [6.45, 7) is 1.87. The summed E-state index contributed by atoms with van der Waals surface area (Å²) in [7, 11) is 0. The van der Waals surface area contributed by atoms with Gasteiger partial charge in [-0.3, -0.25) is 4.79 Å². The first-order valence-electron chi connectivity index (χ1n) is 6.54. The van der Waals surface area contributed by atoms with E-state index in [4.69, 9.17) is 11.6 Å². The Morgan fingerprint density at radius 2 is 2.00 bits per heavy atom. The van der Waals surface area contributed by atoms with Crippen LogP contribution in [0.2, 0.25) is 5.02 Å². The van der Waals surface area contributed by atoms with E-state index in [1.165, 1.54) is 18.2 Å². The zero-order valence-corrected chi connectivity index (χ0v) is 12.3. The minimum Gasteiger partial charge on any atom is -0.346 e. The van der Waals surface area contributed by atoms with E-state index in [1.807, 2.05) is 25.1 Å². The summed E-state index contributed by atoms with van der Waals surface area (Å²) in [5.74, 6) is -0.573. The van der Waals surface area contributed by atoms with Crippen molar-refractivity contribution in [3.63, 3.8) is 0 Å². The third-order valence-corrected chi connectivity index (χ3v) is 3.22. The number of benzene rings is 2. The molecule has 0 heterocycles. The smallest absolute Gasteiger partial charge is 0.244 e. The third-order valence-electron chi connectivity index (χ3n) is 2.98. The maximum Gasteiger partial charge on any atom is 0.244 e. The summed E-state index contributed by atoms with van der Waals surface area (Å²) in [5, 5.41) is 3.46. The molecule has 0 aliphatic heterocycles. The van der Waals surface area contributed by atoms with Gasteiger partial charge in [-0.25, -0.2) is 4.39 Å². The number of nitrogens with one attached hydrogen (secondary N) is 1. The third kappa shape index (κ3) is 4.72. The molecular formula is C17H15ClFNO. The van der Waals surface area contributed by atoms with E-state index in [0.717, 1.165) is 5.56 Å². The fourth-order valence-corrected chi connectivity index (χ4v) is 2.10. The molecule has 2 rings (SSSR count). The predicted molar refractivity (Wildman–Crippen MR) is 83.4 cm³/mol. The Morgan fingerprint density at radius 1 is 1.24 bits per heavy atom. The number of hydrogen-bond donors (Lipinski definition) is 1. The molecule has 2 nitrogen and oxygen atoms in total. The van der Waals surface area contributed by atoms with Crippen LogP contribution in [0.3, 0.4) is 0 Å². The normalized spacial score (nSPS) is 12.3. The SMILES string of the molecule is C[C@@H](NC(=O)/C=C/c1cccc(F)c1)c1cccc(Cl)c1. The molecule has 1 N–H and O–H groups in total. The quantitative estimate of drug-likeness (QED) is 0.835. The number of amides is 1. The largest absolute Gasteiger partial charge is 0.346 e. The summed E-state index contributed by atoms with van der Waals surface area (Å²) in [6, 6.07) is 13.2. The predicted octanol–water partition coefficient (Wildman–Crippen LogP) is 4.37. The average Bonchev–Trinajstić information content (AvgIpc) is 2.45. The highest BCUT2D eigenvalue weighted by molar-refractivity contribution is 6.30. The van der Waals surface area contributed by atoms with Gasteiger partial charge in [0.25, 0.3) is 0 Å². The maximum absolute atomic E-state index is 13.0. The van der Waals surface area contributed by atoms with Crippen molar-refractivity contribution in [3.05, 3.63) is 76.6 Å². The van der Waals surface area contributed by atoms with Crippen LogP contribution in [0.1, 0.15) is 24.1 Å². The second-order valence-electron chi connectivity index (χ2n) is 4.67. The van der Waals surface area contributed by atoms with Crippen molar-refractivity contribution in [1.82, 2.24) is 5.32 Å². The van der Waals surface area contributed by atoms with Gasteiger partial charge >= 0.3 is 0 Å². The van der Waals surface area contributed by atoms with Crippen LogP contribution in [0.4, 0.5) is 4.39 Å². The van der Waals surface area contributed by atoms with E-state index >= 15 is 0 Å². The van der Waals surface area contributed by atoms with Crippen molar-refractivity contribution < 1.29 is 9.18 Å². The molecule has 0 spiro atoms. The second-order valence-corrected chi connectivity index (χ2v) is 5.11. The van der Waals surface area contributed by atoms with E-state index < -0.39 is 0 Å². The van der Waals surface area contributed by atoms with Gasteiger partial charge in [-0.1, -0.05) is 35.9 Å². The highest BCUT2D eigenvalue weighted by Gasteiger charge is 2.07. The molecule has 1 amide bonds.